The van der Waals surface area contributed by atoms with Gasteiger partial charge in [0.2, 0.25) is 5.91 Å². The first-order chi connectivity index (χ1) is 14.3. The van der Waals surface area contributed by atoms with E-state index in [1.165, 1.54) is 5.56 Å². The van der Waals surface area contributed by atoms with Gasteiger partial charge in [0.25, 0.3) is 5.91 Å². The van der Waals surface area contributed by atoms with Gasteiger partial charge in [-0.3, -0.25) is 14.3 Å². The van der Waals surface area contributed by atoms with Crippen LogP contribution in [-0.2, 0) is 11.8 Å². The van der Waals surface area contributed by atoms with E-state index in [4.69, 9.17) is 0 Å². The van der Waals surface area contributed by atoms with Gasteiger partial charge in [0.15, 0.2) is 5.65 Å². The molecule has 2 amide bonds. The number of carbonyl (C=O) groups excluding carboxylic acids is 2. The number of aromatic nitrogens is 3. The highest BCUT2D eigenvalue weighted by atomic mass is 32.2. The highest BCUT2D eigenvalue weighted by Gasteiger charge is 2.36. The number of carbonyl (C=O) groups is 2. The zero-order chi connectivity index (χ0) is 21.6. The van der Waals surface area contributed by atoms with E-state index in [9.17, 15) is 9.59 Å². The number of amides is 2. The van der Waals surface area contributed by atoms with Crippen LogP contribution in [0.2, 0.25) is 0 Å². The van der Waals surface area contributed by atoms with Crippen molar-refractivity contribution < 1.29 is 9.59 Å². The molecule has 3 aromatic rings. The fourth-order valence-corrected chi connectivity index (χ4v) is 4.95. The lowest BCUT2D eigenvalue weighted by atomic mass is 10.1. The molecule has 1 aliphatic heterocycles. The van der Waals surface area contributed by atoms with E-state index in [0.29, 0.717) is 22.8 Å². The number of thioether (sulfide) groups is 1. The number of fused-ring (bicyclic) bond motifs is 1. The average Bonchev–Trinajstić information content (AvgIpc) is 3.29. The van der Waals surface area contributed by atoms with Gasteiger partial charge in [-0.2, -0.15) is 5.10 Å². The van der Waals surface area contributed by atoms with E-state index in [1.54, 1.807) is 27.4 Å². The first kappa shape index (κ1) is 20.4. The molecule has 7 nitrogen and oxygen atoms in total. The average molecular weight is 424 g/mol. The molecular formula is C22H25N5O2S. The van der Waals surface area contributed by atoms with Crippen molar-refractivity contribution >= 4 is 40.3 Å². The molecule has 156 valence electrons. The second kappa shape index (κ2) is 7.75. The number of hydrogen-bond acceptors (Lipinski definition) is 5. The molecule has 1 saturated heterocycles. The Hall–Kier alpha value is -2.87. The number of nitrogens with zero attached hydrogens (tertiary/aromatic N) is 4. The van der Waals surface area contributed by atoms with E-state index >= 15 is 0 Å². The standard InChI is InChI=1S/C22H25N5O2S/c1-12-6-7-16(8-13(12)2)24-21(28)18-10-30-11-27(18)22(29)17-9-14(3)23-20-19(17)15(4)25-26(20)5/h6-9,18H,10-11H2,1-5H3,(H,24,28). The Morgan fingerprint density at radius 2 is 1.90 bits per heavy atom. The van der Waals surface area contributed by atoms with E-state index in [1.807, 2.05) is 52.9 Å². The van der Waals surface area contributed by atoms with E-state index in [0.717, 1.165) is 28.0 Å². The summed E-state index contributed by atoms with van der Waals surface area (Å²) < 4.78 is 1.69. The van der Waals surface area contributed by atoms with Crippen LogP contribution < -0.4 is 5.32 Å². The van der Waals surface area contributed by atoms with Crippen LogP contribution in [0.1, 0.15) is 32.9 Å². The van der Waals surface area contributed by atoms with Crippen molar-refractivity contribution in [3.63, 3.8) is 0 Å². The molecule has 4 rings (SSSR count). The van der Waals surface area contributed by atoms with Gasteiger partial charge in [-0.1, -0.05) is 6.07 Å². The second-order valence-corrected chi connectivity index (χ2v) is 8.80. The number of nitrogens with one attached hydrogen (secondary N) is 1. The maximum absolute atomic E-state index is 13.5. The smallest absolute Gasteiger partial charge is 0.256 e. The van der Waals surface area contributed by atoms with Crippen LogP contribution in [0.25, 0.3) is 11.0 Å². The van der Waals surface area contributed by atoms with Crippen molar-refractivity contribution in [1.29, 1.82) is 0 Å². The number of hydrogen-bond donors (Lipinski definition) is 1. The van der Waals surface area contributed by atoms with Crippen LogP contribution in [0.5, 0.6) is 0 Å². The molecule has 0 aliphatic carbocycles. The first-order valence-electron chi connectivity index (χ1n) is 9.84. The van der Waals surface area contributed by atoms with Crippen LogP contribution in [0.4, 0.5) is 5.69 Å². The van der Waals surface area contributed by atoms with Crippen LogP contribution in [0, 0.1) is 27.7 Å². The number of aryl methyl sites for hydroxylation is 5. The Bertz CT molecular complexity index is 1170. The Morgan fingerprint density at radius 1 is 1.13 bits per heavy atom. The van der Waals surface area contributed by atoms with Gasteiger partial charge in [-0.15, -0.1) is 11.8 Å². The fraction of sp³-hybridized carbons (Fsp3) is 0.364. The molecule has 1 N–H and O–H groups in total. The predicted molar refractivity (Wildman–Crippen MR) is 120 cm³/mol. The van der Waals surface area contributed by atoms with Crippen molar-refractivity contribution in [2.24, 2.45) is 7.05 Å². The zero-order valence-corrected chi connectivity index (χ0v) is 18.6. The van der Waals surface area contributed by atoms with Gasteiger partial charge in [-0.05, 0) is 57.0 Å². The monoisotopic (exact) mass is 423 g/mol. The molecule has 0 radical (unpaired) electrons. The lowest BCUT2D eigenvalue weighted by Gasteiger charge is -2.24. The Balaban J connectivity index is 1.63. The molecule has 1 aliphatic rings. The Kier molecular flexibility index (Phi) is 5.27. The van der Waals surface area contributed by atoms with E-state index in [-0.39, 0.29) is 11.8 Å². The Labute approximate surface area is 179 Å². The molecule has 0 bridgehead atoms. The second-order valence-electron chi connectivity index (χ2n) is 7.80. The molecule has 1 unspecified atom stereocenters. The minimum Gasteiger partial charge on any atom is -0.324 e. The highest BCUT2D eigenvalue weighted by molar-refractivity contribution is 7.99. The summed E-state index contributed by atoms with van der Waals surface area (Å²) in [5.74, 6) is 0.724. The molecule has 0 spiro atoms. The molecule has 8 heteroatoms. The van der Waals surface area contributed by atoms with Crippen LogP contribution in [0.15, 0.2) is 24.3 Å². The summed E-state index contributed by atoms with van der Waals surface area (Å²) in [5.41, 5.74) is 5.77. The predicted octanol–water partition coefficient (Wildman–Crippen LogP) is 3.36. The molecular weight excluding hydrogens is 398 g/mol. The van der Waals surface area contributed by atoms with Crippen molar-refractivity contribution in [2.75, 3.05) is 16.9 Å². The van der Waals surface area contributed by atoms with E-state index < -0.39 is 6.04 Å². The summed E-state index contributed by atoms with van der Waals surface area (Å²) in [4.78, 5) is 32.7. The highest BCUT2D eigenvalue weighted by Crippen LogP contribution is 2.28. The summed E-state index contributed by atoms with van der Waals surface area (Å²) in [6, 6.07) is 7.10. The summed E-state index contributed by atoms with van der Waals surface area (Å²) >= 11 is 1.58. The summed E-state index contributed by atoms with van der Waals surface area (Å²) in [6.07, 6.45) is 0. The van der Waals surface area contributed by atoms with E-state index in [2.05, 4.69) is 15.4 Å². The third-order valence-electron chi connectivity index (χ3n) is 5.55. The minimum absolute atomic E-state index is 0.160. The third-order valence-corrected chi connectivity index (χ3v) is 6.56. The number of rotatable bonds is 3. The SMILES string of the molecule is Cc1cc(C(=O)N2CSCC2C(=O)Nc2ccc(C)c(C)c2)c2c(C)nn(C)c2n1. The van der Waals surface area contributed by atoms with Crippen molar-refractivity contribution in [2.45, 2.75) is 33.7 Å². The number of pyridine rings is 1. The lowest BCUT2D eigenvalue weighted by molar-refractivity contribution is -0.119. The lowest BCUT2D eigenvalue weighted by Crippen LogP contribution is -2.44. The molecule has 1 fully saturated rings. The van der Waals surface area contributed by atoms with Gasteiger partial charge < -0.3 is 10.2 Å². The van der Waals surface area contributed by atoms with Gasteiger partial charge in [0.1, 0.15) is 6.04 Å². The van der Waals surface area contributed by atoms with Gasteiger partial charge in [0, 0.05) is 24.2 Å². The molecule has 1 aromatic carbocycles. The fourth-order valence-electron chi connectivity index (χ4n) is 3.80. The number of anilines is 1. The van der Waals surface area contributed by atoms with Crippen LogP contribution in [-0.4, -0.2) is 49.2 Å². The zero-order valence-electron chi connectivity index (χ0n) is 17.8. The third kappa shape index (κ3) is 3.56. The molecule has 3 heterocycles. The Morgan fingerprint density at radius 3 is 2.63 bits per heavy atom. The maximum atomic E-state index is 13.5. The maximum Gasteiger partial charge on any atom is 0.256 e. The van der Waals surface area contributed by atoms with Crippen LogP contribution >= 0.6 is 11.8 Å². The topological polar surface area (TPSA) is 80.1 Å². The summed E-state index contributed by atoms with van der Waals surface area (Å²) in [6.45, 7) is 7.78. The largest absolute Gasteiger partial charge is 0.324 e. The first-order valence-corrected chi connectivity index (χ1v) is 11.0. The quantitative estimate of drug-likeness (QED) is 0.699. The van der Waals surface area contributed by atoms with Crippen LogP contribution in [0.3, 0.4) is 0 Å². The molecule has 0 saturated carbocycles. The summed E-state index contributed by atoms with van der Waals surface area (Å²) in [7, 11) is 1.82. The molecule has 1 atom stereocenters. The normalized spacial score (nSPS) is 16.3. The van der Waals surface area contributed by atoms with Gasteiger partial charge in [-0.25, -0.2) is 4.98 Å². The molecule has 30 heavy (non-hydrogen) atoms. The summed E-state index contributed by atoms with van der Waals surface area (Å²) in [5, 5.41) is 8.15. The number of benzene rings is 1. The van der Waals surface area contributed by atoms with Gasteiger partial charge in [0.05, 0.1) is 22.5 Å². The molecule has 2 aromatic heterocycles. The van der Waals surface area contributed by atoms with Crippen molar-refractivity contribution in [1.82, 2.24) is 19.7 Å². The van der Waals surface area contributed by atoms with Crippen molar-refractivity contribution in [3.05, 3.63) is 52.3 Å². The van der Waals surface area contributed by atoms with Crippen molar-refractivity contribution in [3.8, 4) is 0 Å². The van der Waals surface area contributed by atoms with Gasteiger partial charge >= 0.3 is 0 Å². The minimum atomic E-state index is -0.524.